The molecule has 0 radical (unpaired) electrons. The van der Waals surface area contributed by atoms with Gasteiger partial charge in [0.1, 0.15) is 0 Å². The standard InChI is InChI=1S/C24H32N6O3/c1-27-22-5-3-2-4-17(22)8-11-30(16-31)19-9-12-29(13-10-19)23(32)15-28-24(33)18-6-7-20(25)21(26)14-18/h2-7,14,16,19,27H,8-13,15,25-26H2,1H3,(H,28,33). The molecule has 2 aromatic rings. The summed E-state index contributed by atoms with van der Waals surface area (Å²) < 4.78 is 0. The number of carbonyl (C=O) groups excluding carboxylic acids is 3. The topological polar surface area (TPSA) is 134 Å². The van der Waals surface area contributed by atoms with Crippen LogP contribution in [0.5, 0.6) is 0 Å². The van der Waals surface area contributed by atoms with Crippen LogP contribution in [0.3, 0.4) is 0 Å². The van der Waals surface area contributed by atoms with Crippen LogP contribution in [0.4, 0.5) is 17.1 Å². The van der Waals surface area contributed by atoms with Gasteiger partial charge in [-0.1, -0.05) is 18.2 Å². The molecule has 0 unspecified atom stereocenters. The molecular formula is C24H32N6O3. The van der Waals surface area contributed by atoms with E-state index in [1.54, 1.807) is 17.0 Å². The molecule has 1 heterocycles. The Morgan fingerprint density at radius 3 is 2.52 bits per heavy atom. The highest BCUT2D eigenvalue weighted by molar-refractivity contribution is 5.97. The summed E-state index contributed by atoms with van der Waals surface area (Å²) in [6, 6.07) is 12.8. The second kappa shape index (κ2) is 11.2. The Hall–Kier alpha value is -3.75. The van der Waals surface area contributed by atoms with Gasteiger partial charge in [-0.3, -0.25) is 14.4 Å². The van der Waals surface area contributed by atoms with Gasteiger partial charge in [-0.2, -0.15) is 0 Å². The number of likely N-dealkylation sites (tertiary alicyclic amines) is 1. The molecule has 2 aromatic carbocycles. The molecule has 176 valence electrons. The number of anilines is 3. The quantitative estimate of drug-likeness (QED) is 0.335. The number of nitrogens with zero attached hydrogens (tertiary/aromatic N) is 2. The Morgan fingerprint density at radius 1 is 1.12 bits per heavy atom. The van der Waals surface area contributed by atoms with E-state index in [1.807, 2.05) is 30.1 Å². The van der Waals surface area contributed by atoms with E-state index in [9.17, 15) is 14.4 Å². The van der Waals surface area contributed by atoms with Crippen LogP contribution in [0.2, 0.25) is 0 Å². The number of carbonyl (C=O) groups is 3. The van der Waals surface area contributed by atoms with Crippen molar-refractivity contribution in [1.82, 2.24) is 15.1 Å². The minimum atomic E-state index is -0.376. The maximum absolute atomic E-state index is 12.6. The molecule has 1 saturated heterocycles. The first kappa shape index (κ1) is 23.9. The smallest absolute Gasteiger partial charge is 0.251 e. The molecule has 3 amide bonds. The first-order chi connectivity index (χ1) is 15.9. The predicted molar refractivity (Wildman–Crippen MR) is 130 cm³/mol. The number of para-hydroxylation sites is 1. The van der Waals surface area contributed by atoms with Crippen molar-refractivity contribution in [3.8, 4) is 0 Å². The van der Waals surface area contributed by atoms with Gasteiger partial charge in [0.05, 0.1) is 17.9 Å². The number of benzene rings is 2. The maximum atomic E-state index is 12.6. The zero-order valence-electron chi connectivity index (χ0n) is 18.9. The van der Waals surface area contributed by atoms with E-state index in [0.717, 1.165) is 24.1 Å². The van der Waals surface area contributed by atoms with Gasteiger partial charge in [0.2, 0.25) is 12.3 Å². The Morgan fingerprint density at radius 2 is 1.85 bits per heavy atom. The van der Waals surface area contributed by atoms with Crippen molar-refractivity contribution in [3.05, 3.63) is 53.6 Å². The highest BCUT2D eigenvalue weighted by atomic mass is 16.2. The largest absolute Gasteiger partial charge is 0.397 e. The zero-order chi connectivity index (χ0) is 23.8. The van der Waals surface area contributed by atoms with Gasteiger partial charge in [-0.15, -0.1) is 0 Å². The Labute approximate surface area is 194 Å². The summed E-state index contributed by atoms with van der Waals surface area (Å²) in [6.45, 7) is 1.63. The van der Waals surface area contributed by atoms with Crippen molar-refractivity contribution in [1.29, 1.82) is 0 Å². The molecule has 9 nitrogen and oxygen atoms in total. The van der Waals surface area contributed by atoms with E-state index < -0.39 is 0 Å². The summed E-state index contributed by atoms with van der Waals surface area (Å²) in [5, 5.41) is 5.82. The van der Waals surface area contributed by atoms with Gasteiger partial charge in [0.25, 0.3) is 5.91 Å². The van der Waals surface area contributed by atoms with Crippen LogP contribution in [0.25, 0.3) is 0 Å². The molecule has 1 aliphatic heterocycles. The van der Waals surface area contributed by atoms with Crippen molar-refractivity contribution >= 4 is 35.3 Å². The Kier molecular flexibility index (Phi) is 8.12. The number of rotatable bonds is 9. The average Bonchev–Trinajstić information content (AvgIpc) is 2.85. The summed E-state index contributed by atoms with van der Waals surface area (Å²) >= 11 is 0. The number of hydrogen-bond acceptors (Lipinski definition) is 6. The number of amides is 3. The van der Waals surface area contributed by atoms with Crippen molar-refractivity contribution < 1.29 is 14.4 Å². The zero-order valence-corrected chi connectivity index (χ0v) is 18.9. The molecule has 9 heteroatoms. The lowest BCUT2D eigenvalue weighted by Gasteiger charge is -2.37. The number of nitrogen functional groups attached to an aromatic ring is 2. The van der Waals surface area contributed by atoms with E-state index in [0.29, 0.717) is 49.4 Å². The fraction of sp³-hybridized carbons (Fsp3) is 0.375. The fourth-order valence-corrected chi connectivity index (χ4v) is 4.09. The van der Waals surface area contributed by atoms with E-state index in [2.05, 4.69) is 16.7 Å². The second-order valence-corrected chi connectivity index (χ2v) is 8.14. The number of nitrogens with two attached hydrogens (primary N) is 2. The second-order valence-electron chi connectivity index (χ2n) is 8.14. The van der Waals surface area contributed by atoms with Gasteiger partial charge >= 0.3 is 0 Å². The summed E-state index contributed by atoms with van der Waals surface area (Å²) in [6.07, 6.45) is 3.08. The van der Waals surface area contributed by atoms with Gasteiger partial charge < -0.3 is 31.9 Å². The Balaban J connectivity index is 1.45. The molecule has 1 aliphatic rings. The third-order valence-electron chi connectivity index (χ3n) is 6.10. The highest BCUT2D eigenvalue weighted by Gasteiger charge is 2.26. The van der Waals surface area contributed by atoms with Gasteiger partial charge in [-0.25, -0.2) is 0 Å². The highest BCUT2D eigenvalue weighted by Crippen LogP contribution is 2.19. The first-order valence-corrected chi connectivity index (χ1v) is 11.1. The lowest BCUT2D eigenvalue weighted by molar-refractivity contribution is -0.132. The molecule has 0 bridgehead atoms. The molecule has 0 aromatic heterocycles. The van der Waals surface area contributed by atoms with Crippen LogP contribution < -0.4 is 22.1 Å². The molecule has 1 fully saturated rings. The van der Waals surface area contributed by atoms with Crippen molar-refractivity contribution in [3.63, 3.8) is 0 Å². The lowest BCUT2D eigenvalue weighted by Crippen LogP contribution is -2.49. The minimum Gasteiger partial charge on any atom is -0.397 e. The van der Waals surface area contributed by atoms with Crippen LogP contribution in [0.15, 0.2) is 42.5 Å². The van der Waals surface area contributed by atoms with Crippen molar-refractivity contribution in [2.45, 2.75) is 25.3 Å². The Bertz CT molecular complexity index is 988. The summed E-state index contributed by atoms with van der Waals surface area (Å²) in [4.78, 5) is 40.1. The van der Waals surface area contributed by atoms with E-state index in [4.69, 9.17) is 11.5 Å². The van der Waals surface area contributed by atoms with Gasteiger partial charge in [0.15, 0.2) is 0 Å². The normalized spacial score (nSPS) is 13.9. The summed E-state index contributed by atoms with van der Waals surface area (Å²) in [7, 11) is 1.89. The number of nitrogens with one attached hydrogen (secondary N) is 2. The van der Waals surface area contributed by atoms with Gasteiger partial charge in [0, 0.05) is 44.0 Å². The van der Waals surface area contributed by atoms with Crippen LogP contribution in [-0.4, -0.2) is 67.3 Å². The van der Waals surface area contributed by atoms with Crippen molar-refractivity contribution in [2.75, 3.05) is 50.0 Å². The third-order valence-corrected chi connectivity index (χ3v) is 6.10. The van der Waals surface area contributed by atoms with Crippen LogP contribution in [-0.2, 0) is 16.0 Å². The van der Waals surface area contributed by atoms with E-state index in [1.165, 1.54) is 6.07 Å². The molecule has 3 rings (SSSR count). The minimum absolute atomic E-state index is 0.0913. The average molecular weight is 453 g/mol. The van der Waals surface area contributed by atoms with Crippen LogP contribution >= 0.6 is 0 Å². The molecule has 0 atom stereocenters. The SMILES string of the molecule is CNc1ccccc1CCN(C=O)C1CCN(C(=O)CNC(=O)c2ccc(N)c(N)c2)CC1. The van der Waals surface area contributed by atoms with Crippen molar-refractivity contribution in [2.24, 2.45) is 0 Å². The molecule has 33 heavy (non-hydrogen) atoms. The molecule has 6 N–H and O–H groups in total. The van der Waals surface area contributed by atoms with E-state index in [-0.39, 0.29) is 24.4 Å². The summed E-state index contributed by atoms with van der Waals surface area (Å²) in [5.74, 6) is -0.523. The monoisotopic (exact) mass is 452 g/mol. The lowest BCUT2D eigenvalue weighted by atomic mass is 10.0. The molecule has 0 saturated carbocycles. The van der Waals surface area contributed by atoms with E-state index >= 15 is 0 Å². The summed E-state index contributed by atoms with van der Waals surface area (Å²) in [5.41, 5.74) is 14.7. The third kappa shape index (κ3) is 6.15. The molecular weight excluding hydrogens is 420 g/mol. The van der Waals surface area contributed by atoms with Crippen LogP contribution in [0.1, 0.15) is 28.8 Å². The fourth-order valence-electron chi connectivity index (χ4n) is 4.09. The number of hydrogen-bond donors (Lipinski definition) is 4. The first-order valence-electron chi connectivity index (χ1n) is 11.1. The predicted octanol–water partition coefficient (Wildman–Crippen LogP) is 1.31. The molecule has 0 aliphatic carbocycles. The van der Waals surface area contributed by atoms with Crippen LogP contribution in [0, 0.1) is 0 Å². The number of piperidine rings is 1. The maximum Gasteiger partial charge on any atom is 0.251 e. The van der Waals surface area contributed by atoms with Gasteiger partial charge in [-0.05, 0) is 49.1 Å². The molecule has 0 spiro atoms.